The Morgan fingerprint density at radius 3 is 2.91 bits per heavy atom. The molecule has 22 heavy (non-hydrogen) atoms. The summed E-state index contributed by atoms with van der Waals surface area (Å²) in [6.07, 6.45) is 1.62. The molecule has 0 radical (unpaired) electrons. The molecule has 0 saturated heterocycles. The second-order valence-electron chi connectivity index (χ2n) is 4.47. The zero-order valence-electron chi connectivity index (χ0n) is 12.3. The van der Waals surface area contributed by atoms with Crippen LogP contribution in [0.3, 0.4) is 0 Å². The first kappa shape index (κ1) is 15.5. The van der Waals surface area contributed by atoms with E-state index in [1.165, 1.54) is 6.21 Å². The van der Waals surface area contributed by atoms with Gasteiger partial charge in [-0.3, -0.25) is 9.59 Å². The number of amides is 2. The van der Waals surface area contributed by atoms with Gasteiger partial charge in [0.15, 0.2) is 0 Å². The van der Waals surface area contributed by atoms with E-state index in [1.807, 2.05) is 0 Å². The summed E-state index contributed by atoms with van der Waals surface area (Å²) in [5.74, 6) is 0.688. The summed E-state index contributed by atoms with van der Waals surface area (Å²) in [6.45, 7) is 0. The summed E-state index contributed by atoms with van der Waals surface area (Å²) in [6, 6.07) is 5.24. The minimum absolute atomic E-state index is 0.0192. The van der Waals surface area contributed by atoms with Gasteiger partial charge in [-0.2, -0.15) is 10.2 Å². The van der Waals surface area contributed by atoms with Crippen LogP contribution in [0.25, 0.3) is 0 Å². The predicted molar refractivity (Wildman–Crippen MR) is 80.1 cm³/mol. The van der Waals surface area contributed by atoms with Gasteiger partial charge in [-0.1, -0.05) is 0 Å². The molecule has 116 valence electrons. The molecular weight excluding hydrogens is 288 g/mol. The van der Waals surface area contributed by atoms with Crippen LogP contribution in [-0.2, 0) is 9.59 Å². The Kier molecular flexibility index (Phi) is 5.07. The number of nitrogens with one attached hydrogen (secondary N) is 2. The first-order valence-electron chi connectivity index (χ1n) is 6.50. The molecule has 1 aliphatic rings. The summed E-state index contributed by atoms with van der Waals surface area (Å²) < 4.78 is 10.3. The van der Waals surface area contributed by atoms with E-state index < -0.39 is 0 Å². The number of hydrogen-bond donors (Lipinski definition) is 2. The number of benzene rings is 1. The van der Waals surface area contributed by atoms with Crippen LogP contribution in [-0.4, -0.2) is 38.0 Å². The Labute approximate surface area is 127 Å². The molecule has 0 unspecified atom stereocenters. The molecule has 2 N–H and O–H groups in total. The van der Waals surface area contributed by atoms with Crippen molar-refractivity contribution >= 4 is 23.7 Å². The van der Waals surface area contributed by atoms with Crippen LogP contribution in [0.15, 0.2) is 28.4 Å². The summed E-state index contributed by atoms with van der Waals surface area (Å²) in [4.78, 5) is 22.6. The minimum atomic E-state index is -0.353. The molecule has 1 aromatic carbocycles. The lowest BCUT2D eigenvalue weighted by molar-refractivity contribution is -0.119. The fourth-order valence-electron chi connectivity index (χ4n) is 1.85. The number of hydrazone groups is 2. The molecule has 1 heterocycles. The fraction of sp³-hybridized carbons (Fsp3) is 0.286. The molecule has 0 aliphatic carbocycles. The lowest BCUT2D eigenvalue weighted by Crippen LogP contribution is -2.20. The highest BCUT2D eigenvalue weighted by Gasteiger charge is 2.17. The van der Waals surface area contributed by atoms with E-state index in [2.05, 4.69) is 21.1 Å². The molecule has 8 heteroatoms. The average molecular weight is 304 g/mol. The molecule has 8 nitrogen and oxygen atoms in total. The van der Waals surface area contributed by atoms with Gasteiger partial charge in [0.2, 0.25) is 11.8 Å². The quantitative estimate of drug-likeness (QED) is 0.587. The number of nitrogens with zero attached hydrogens (tertiary/aromatic N) is 2. The number of carbonyl (C=O) groups excluding carboxylic acids is 2. The van der Waals surface area contributed by atoms with E-state index in [4.69, 9.17) is 9.47 Å². The average Bonchev–Trinajstić information content (AvgIpc) is 2.92. The predicted octanol–water partition coefficient (Wildman–Crippen LogP) is 0.420. The second-order valence-corrected chi connectivity index (χ2v) is 4.47. The highest BCUT2D eigenvalue weighted by atomic mass is 16.5. The molecule has 0 bridgehead atoms. The molecule has 0 saturated carbocycles. The van der Waals surface area contributed by atoms with Crippen molar-refractivity contribution in [1.82, 2.24) is 10.9 Å². The van der Waals surface area contributed by atoms with E-state index in [0.717, 1.165) is 0 Å². The van der Waals surface area contributed by atoms with Crippen molar-refractivity contribution in [3.8, 4) is 11.5 Å². The maximum absolute atomic E-state index is 11.7. The van der Waals surface area contributed by atoms with Gasteiger partial charge >= 0.3 is 0 Å². The van der Waals surface area contributed by atoms with Crippen molar-refractivity contribution in [2.45, 2.75) is 12.8 Å². The number of ether oxygens (including phenoxy) is 2. The molecule has 1 aromatic rings. The van der Waals surface area contributed by atoms with Gasteiger partial charge in [0.05, 0.1) is 39.0 Å². The van der Waals surface area contributed by atoms with Gasteiger partial charge in [0, 0.05) is 5.56 Å². The first-order chi connectivity index (χ1) is 10.6. The third kappa shape index (κ3) is 4.05. The number of carbonyl (C=O) groups is 2. The Morgan fingerprint density at radius 1 is 1.45 bits per heavy atom. The van der Waals surface area contributed by atoms with Gasteiger partial charge in [0.1, 0.15) is 11.5 Å². The summed E-state index contributed by atoms with van der Waals surface area (Å²) in [7, 11) is 3.10. The van der Waals surface area contributed by atoms with Gasteiger partial charge in [-0.05, 0) is 18.2 Å². The van der Waals surface area contributed by atoms with Crippen LogP contribution < -0.4 is 20.3 Å². The maximum atomic E-state index is 11.7. The zero-order valence-corrected chi connectivity index (χ0v) is 12.3. The van der Waals surface area contributed by atoms with Crippen LogP contribution in [0.4, 0.5) is 0 Å². The fourth-order valence-corrected chi connectivity index (χ4v) is 1.85. The first-order valence-corrected chi connectivity index (χ1v) is 6.50. The van der Waals surface area contributed by atoms with E-state index in [9.17, 15) is 9.59 Å². The van der Waals surface area contributed by atoms with Crippen molar-refractivity contribution in [3.05, 3.63) is 23.8 Å². The lowest BCUT2D eigenvalue weighted by Gasteiger charge is -2.06. The van der Waals surface area contributed by atoms with Gasteiger partial charge in [0.25, 0.3) is 0 Å². The van der Waals surface area contributed by atoms with Crippen molar-refractivity contribution < 1.29 is 19.1 Å². The maximum Gasteiger partial charge on any atom is 0.245 e. The Bertz CT molecular complexity index is 640. The van der Waals surface area contributed by atoms with Crippen molar-refractivity contribution in [3.63, 3.8) is 0 Å². The summed E-state index contributed by atoms with van der Waals surface area (Å²) in [5, 5.41) is 7.61. The zero-order chi connectivity index (χ0) is 15.9. The summed E-state index contributed by atoms with van der Waals surface area (Å²) >= 11 is 0. The van der Waals surface area contributed by atoms with E-state index in [0.29, 0.717) is 22.8 Å². The Hall–Kier alpha value is -2.90. The van der Waals surface area contributed by atoms with Gasteiger partial charge < -0.3 is 9.47 Å². The standard InChI is InChI=1S/C14H16N4O4/c1-21-11-3-4-12(22-2)9(5-11)8-15-17-13(19)6-10-7-14(20)18-16-10/h3-5,8H,6-7H2,1-2H3,(H,17,19)(H,18,20). The van der Waals surface area contributed by atoms with Crippen LogP contribution in [0.1, 0.15) is 18.4 Å². The van der Waals surface area contributed by atoms with Crippen molar-refractivity contribution in [2.24, 2.45) is 10.2 Å². The number of methoxy groups -OCH3 is 2. The molecule has 0 atom stereocenters. The Morgan fingerprint density at radius 2 is 2.27 bits per heavy atom. The highest BCUT2D eigenvalue weighted by molar-refractivity contribution is 6.11. The van der Waals surface area contributed by atoms with E-state index in [-0.39, 0.29) is 24.7 Å². The number of rotatable bonds is 6. The highest BCUT2D eigenvalue weighted by Crippen LogP contribution is 2.22. The molecule has 2 amide bonds. The minimum Gasteiger partial charge on any atom is -0.497 e. The van der Waals surface area contributed by atoms with Crippen LogP contribution in [0.2, 0.25) is 0 Å². The largest absolute Gasteiger partial charge is 0.497 e. The summed E-state index contributed by atoms with van der Waals surface area (Å²) in [5.41, 5.74) is 5.81. The van der Waals surface area contributed by atoms with Crippen LogP contribution in [0.5, 0.6) is 11.5 Å². The monoisotopic (exact) mass is 304 g/mol. The second kappa shape index (κ2) is 7.21. The third-order valence-corrected chi connectivity index (χ3v) is 2.90. The van der Waals surface area contributed by atoms with Gasteiger partial charge in [-0.25, -0.2) is 10.9 Å². The Balaban J connectivity index is 1.94. The van der Waals surface area contributed by atoms with E-state index >= 15 is 0 Å². The lowest BCUT2D eigenvalue weighted by atomic mass is 10.2. The molecule has 0 fully saturated rings. The smallest absolute Gasteiger partial charge is 0.245 e. The van der Waals surface area contributed by atoms with Crippen LogP contribution in [0, 0.1) is 0 Å². The SMILES string of the molecule is COc1ccc(OC)c(C=NNC(=O)CC2=NNC(=O)C2)c1. The van der Waals surface area contributed by atoms with E-state index in [1.54, 1.807) is 32.4 Å². The van der Waals surface area contributed by atoms with Crippen LogP contribution >= 0.6 is 0 Å². The molecule has 1 aliphatic heterocycles. The molecule has 0 spiro atoms. The molecule has 0 aromatic heterocycles. The van der Waals surface area contributed by atoms with Crippen molar-refractivity contribution in [1.29, 1.82) is 0 Å². The number of hydrogen-bond acceptors (Lipinski definition) is 6. The third-order valence-electron chi connectivity index (χ3n) is 2.90. The molecule has 2 rings (SSSR count). The molecular formula is C14H16N4O4. The van der Waals surface area contributed by atoms with Gasteiger partial charge in [-0.15, -0.1) is 0 Å². The normalized spacial score (nSPS) is 13.7. The topological polar surface area (TPSA) is 101 Å². The van der Waals surface area contributed by atoms with Crippen molar-refractivity contribution in [2.75, 3.05) is 14.2 Å².